The fourth-order valence-corrected chi connectivity index (χ4v) is 2.31. The maximum absolute atomic E-state index is 11.5. The van der Waals surface area contributed by atoms with Crippen LogP contribution in [-0.2, 0) is 0 Å². The molecule has 7 heteroatoms. The lowest BCUT2D eigenvalue weighted by atomic mass is 10.3. The second-order valence-corrected chi connectivity index (χ2v) is 5.13. The SMILES string of the molecule is C[C@H](CN)NC(=O)c1cc(Cl)sc1Cl.Cl. The summed E-state index contributed by atoms with van der Waals surface area (Å²) in [5.74, 6) is -0.240. The molecule has 0 aliphatic heterocycles. The summed E-state index contributed by atoms with van der Waals surface area (Å²) in [5, 5.41) is 2.70. The molecular formula is C8H11Cl3N2OS. The third-order valence-electron chi connectivity index (χ3n) is 1.63. The van der Waals surface area contributed by atoms with Crippen molar-refractivity contribution in [2.75, 3.05) is 6.54 Å². The molecule has 0 aromatic carbocycles. The number of rotatable bonds is 3. The van der Waals surface area contributed by atoms with Gasteiger partial charge in [0.25, 0.3) is 5.91 Å². The van der Waals surface area contributed by atoms with Crippen molar-refractivity contribution in [2.45, 2.75) is 13.0 Å². The van der Waals surface area contributed by atoms with E-state index >= 15 is 0 Å². The lowest BCUT2D eigenvalue weighted by molar-refractivity contribution is 0.0942. The highest BCUT2D eigenvalue weighted by atomic mass is 35.5. The van der Waals surface area contributed by atoms with Crippen LogP contribution < -0.4 is 11.1 Å². The summed E-state index contributed by atoms with van der Waals surface area (Å²) in [7, 11) is 0. The van der Waals surface area contributed by atoms with Crippen molar-refractivity contribution >= 4 is 52.9 Å². The highest BCUT2D eigenvalue weighted by molar-refractivity contribution is 7.20. The average Bonchev–Trinajstić information content (AvgIpc) is 2.45. The molecule has 0 aliphatic carbocycles. The van der Waals surface area contributed by atoms with E-state index in [0.717, 1.165) is 0 Å². The van der Waals surface area contributed by atoms with Crippen LogP contribution in [0.15, 0.2) is 6.07 Å². The number of halogens is 3. The first-order valence-electron chi connectivity index (χ1n) is 4.00. The molecule has 1 amide bonds. The summed E-state index contributed by atoms with van der Waals surface area (Å²) >= 11 is 12.7. The topological polar surface area (TPSA) is 55.1 Å². The number of carbonyl (C=O) groups is 1. The zero-order chi connectivity index (χ0) is 10.7. The van der Waals surface area contributed by atoms with E-state index in [4.69, 9.17) is 28.9 Å². The van der Waals surface area contributed by atoms with E-state index in [1.165, 1.54) is 11.3 Å². The van der Waals surface area contributed by atoms with Crippen LogP contribution in [0, 0.1) is 0 Å². The Balaban J connectivity index is 0.00000196. The molecule has 1 atom stereocenters. The van der Waals surface area contributed by atoms with Gasteiger partial charge in [-0.25, -0.2) is 0 Å². The van der Waals surface area contributed by atoms with E-state index in [1.807, 2.05) is 6.92 Å². The van der Waals surface area contributed by atoms with E-state index in [2.05, 4.69) is 5.32 Å². The van der Waals surface area contributed by atoms with Crippen LogP contribution in [0.3, 0.4) is 0 Å². The minimum absolute atomic E-state index is 0. The number of nitrogens with one attached hydrogen (secondary N) is 1. The lowest BCUT2D eigenvalue weighted by Gasteiger charge is -2.10. The van der Waals surface area contributed by atoms with E-state index in [0.29, 0.717) is 20.8 Å². The predicted molar refractivity (Wildman–Crippen MR) is 67.6 cm³/mol. The smallest absolute Gasteiger partial charge is 0.253 e. The van der Waals surface area contributed by atoms with Crippen LogP contribution >= 0.6 is 46.9 Å². The molecule has 0 aliphatic rings. The Labute approximate surface area is 108 Å². The van der Waals surface area contributed by atoms with Crippen LogP contribution in [0.1, 0.15) is 17.3 Å². The number of hydrogen-bond acceptors (Lipinski definition) is 3. The van der Waals surface area contributed by atoms with Gasteiger partial charge >= 0.3 is 0 Å². The van der Waals surface area contributed by atoms with Gasteiger partial charge in [-0.15, -0.1) is 23.7 Å². The first-order valence-corrected chi connectivity index (χ1v) is 5.57. The lowest BCUT2D eigenvalue weighted by Crippen LogP contribution is -2.37. The number of thiophene rings is 1. The molecule has 1 heterocycles. The van der Waals surface area contributed by atoms with Gasteiger partial charge in [-0.1, -0.05) is 23.2 Å². The monoisotopic (exact) mass is 288 g/mol. The molecule has 0 bridgehead atoms. The normalized spacial score (nSPS) is 11.7. The highest BCUT2D eigenvalue weighted by Crippen LogP contribution is 2.30. The zero-order valence-corrected chi connectivity index (χ0v) is 11.1. The fourth-order valence-electron chi connectivity index (χ4n) is 0.856. The molecule has 0 spiro atoms. The standard InChI is InChI=1S/C8H10Cl2N2OS.ClH/c1-4(3-11)12-8(13)5-2-6(9)14-7(5)10;/h2,4H,3,11H2,1H3,(H,12,13);1H/t4-;/m1./s1. The van der Waals surface area contributed by atoms with Crippen molar-refractivity contribution in [2.24, 2.45) is 5.73 Å². The van der Waals surface area contributed by atoms with Crippen molar-refractivity contribution in [1.29, 1.82) is 0 Å². The zero-order valence-electron chi connectivity index (χ0n) is 7.92. The van der Waals surface area contributed by atoms with Crippen molar-refractivity contribution < 1.29 is 4.79 Å². The first-order chi connectivity index (χ1) is 6.54. The average molecular weight is 290 g/mol. The summed E-state index contributed by atoms with van der Waals surface area (Å²) in [4.78, 5) is 11.5. The van der Waals surface area contributed by atoms with Gasteiger partial charge in [0.2, 0.25) is 0 Å². The molecule has 1 rings (SSSR count). The van der Waals surface area contributed by atoms with E-state index in [1.54, 1.807) is 6.07 Å². The molecule has 3 nitrogen and oxygen atoms in total. The molecule has 0 unspecified atom stereocenters. The Morgan fingerprint density at radius 1 is 1.67 bits per heavy atom. The molecule has 0 saturated heterocycles. The molecule has 86 valence electrons. The van der Waals surface area contributed by atoms with Gasteiger partial charge in [-0.2, -0.15) is 0 Å². The van der Waals surface area contributed by atoms with Crippen molar-refractivity contribution in [1.82, 2.24) is 5.32 Å². The molecule has 0 radical (unpaired) electrons. The second-order valence-electron chi connectivity index (χ2n) is 2.85. The Hall–Kier alpha value is -0.000000000000000222. The van der Waals surface area contributed by atoms with Crippen LogP contribution in [0.4, 0.5) is 0 Å². The number of nitrogens with two attached hydrogens (primary N) is 1. The number of carbonyl (C=O) groups excluding carboxylic acids is 1. The number of hydrogen-bond donors (Lipinski definition) is 2. The van der Waals surface area contributed by atoms with Gasteiger partial charge in [-0.3, -0.25) is 4.79 Å². The van der Waals surface area contributed by atoms with Gasteiger partial charge < -0.3 is 11.1 Å². The summed E-state index contributed by atoms with van der Waals surface area (Å²) in [6.07, 6.45) is 0. The Bertz CT molecular complexity index is 343. The quantitative estimate of drug-likeness (QED) is 0.898. The van der Waals surface area contributed by atoms with Gasteiger partial charge in [0.15, 0.2) is 0 Å². The maximum atomic E-state index is 11.5. The van der Waals surface area contributed by atoms with E-state index in [9.17, 15) is 4.79 Å². The van der Waals surface area contributed by atoms with E-state index < -0.39 is 0 Å². The molecule has 1 aromatic heterocycles. The Morgan fingerprint density at radius 2 is 2.27 bits per heavy atom. The van der Waals surface area contributed by atoms with Crippen LogP contribution in [0.25, 0.3) is 0 Å². The molecule has 0 saturated carbocycles. The molecule has 15 heavy (non-hydrogen) atoms. The molecular weight excluding hydrogens is 279 g/mol. The van der Waals surface area contributed by atoms with Crippen LogP contribution in [-0.4, -0.2) is 18.5 Å². The van der Waals surface area contributed by atoms with Gasteiger partial charge in [0.05, 0.1) is 9.90 Å². The first kappa shape index (κ1) is 15.0. The van der Waals surface area contributed by atoms with Crippen molar-refractivity contribution in [3.63, 3.8) is 0 Å². The Morgan fingerprint density at radius 3 is 2.67 bits per heavy atom. The van der Waals surface area contributed by atoms with Crippen LogP contribution in [0.5, 0.6) is 0 Å². The second kappa shape index (κ2) is 6.55. The summed E-state index contributed by atoms with van der Waals surface area (Å²) in [6, 6.07) is 1.48. The minimum Gasteiger partial charge on any atom is -0.348 e. The van der Waals surface area contributed by atoms with Crippen molar-refractivity contribution in [3.8, 4) is 0 Å². The van der Waals surface area contributed by atoms with Crippen LogP contribution in [0.2, 0.25) is 8.67 Å². The van der Waals surface area contributed by atoms with Gasteiger partial charge in [0, 0.05) is 12.6 Å². The molecule has 0 fully saturated rings. The largest absolute Gasteiger partial charge is 0.348 e. The summed E-state index contributed by atoms with van der Waals surface area (Å²) in [6.45, 7) is 2.21. The predicted octanol–water partition coefficient (Wildman–Crippen LogP) is 2.55. The van der Waals surface area contributed by atoms with E-state index in [-0.39, 0.29) is 24.4 Å². The fraction of sp³-hybridized carbons (Fsp3) is 0.375. The summed E-state index contributed by atoms with van der Waals surface area (Å²) in [5.41, 5.74) is 5.78. The minimum atomic E-state index is -0.240. The molecule has 3 N–H and O–H groups in total. The number of amides is 1. The molecule has 1 aromatic rings. The third kappa shape index (κ3) is 4.17. The highest BCUT2D eigenvalue weighted by Gasteiger charge is 2.15. The van der Waals surface area contributed by atoms with Gasteiger partial charge in [0.1, 0.15) is 4.34 Å². The summed E-state index contributed by atoms with van der Waals surface area (Å²) < 4.78 is 0.900. The Kier molecular flexibility index (Phi) is 6.55. The third-order valence-corrected chi connectivity index (χ3v) is 3.12. The van der Waals surface area contributed by atoms with Crippen molar-refractivity contribution in [3.05, 3.63) is 20.3 Å². The maximum Gasteiger partial charge on any atom is 0.253 e. The van der Waals surface area contributed by atoms with Gasteiger partial charge in [-0.05, 0) is 13.0 Å².